The molecular weight excluding hydrogens is 278 g/mol. The fraction of sp³-hybridized carbons (Fsp3) is 0.294. The Bertz CT molecular complexity index is 625. The highest BCUT2D eigenvalue weighted by molar-refractivity contribution is 5.52. The van der Waals surface area contributed by atoms with Crippen molar-refractivity contribution in [2.75, 3.05) is 25.1 Å². The van der Waals surface area contributed by atoms with Gasteiger partial charge in [0.05, 0.1) is 24.9 Å². The van der Waals surface area contributed by atoms with Crippen molar-refractivity contribution in [1.29, 1.82) is 5.26 Å². The Balaban J connectivity index is 1.81. The van der Waals surface area contributed by atoms with Gasteiger partial charge in [0.15, 0.2) is 0 Å². The largest absolute Gasteiger partial charge is 0.389 e. The van der Waals surface area contributed by atoms with Crippen LogP contribution in [0.2, 0.25) is 0 Å². The predicted octanol–water partition coefficient (Wildman–Crippen LogP) is 1.97. The maximum atomic E-state index is 10.0. The van der Waals surface area contributed by atoms with Gasteiger partial charge in [-0.25, -0.2) is 4.98 Å². The molecule has 0 bridgehead atoms. The van der Waals surface area contributed by atoms with Crippen LogP contribution < -0.4 is 4.90 Å². The third kappa shape index (κ3) is 4.55. The Labute approximate surface area is 130 Å². The quantitative estimate of drug-likeness (QED) is 0.846. The van der Waals surface area contributed by atoms with E-state index in [9.17, 15) is 5.11 Å². The molecule has 1 N–H and O–H groups in total. The molecule has 114 valence electrons. The molecule has 1 aromatic heterocycles. The minimum atomic E-state index is -0.651. The lowest BCUT2D eigenvalue weighted by molar-refractivity contribution is 0.0324. The van der Waals surface area contributed by atoms with Gasteiger partial charge in [0.2, 0.25) is 0 Å². The standard InChI is InChI=1S/C17H19N3O2/c1-20(17-15(10-18)8-5-9-19-17)11-16(21)13-22-12-14-6-3-2-4-7-14/h2-9,16,21H,11-13H2,1H3/t16-/m0/s1. The zero-order chi connectivity index (χ0) is 15.8. The number of ether oxygens (including phenoxy) is 1. The predicted molar refractivity (Wildman–Crippen MR) is 84.3 cm³/mol. The molecule has 1 atom stereocenters. The van der Waals surface area contributed by atoms with Gasteiger partial charge in [0, 0.05) is 19.8 Å². The van der Waals surface area contributed by atoms with Gasteiger partial charge in [-0.3, -0.25) is 0 Å². The van der Waals surface area contributed by atoms with E-state index >= 15 is 0 Å². The van der Waals surface area contributed by atoms with E-state index in [2.05, 4.69) is 11.1 Å². The van der Waals surface area contributed by atoms with Crippen molar-refractivity contribution in [2.24, 2.45) is 0 Å². The third-order valence-corrected chi connectivity index (χ3v) is 3.18. The van der Waals surface area contributed by atoms with Crippen molar-refractivity contribution < 1.29 is 9.84 Å². The van der Waals surface area contributed by atoms with Gasteiger partial charge in [-0.2, -0.15) is 5.26 Å². The molecule has 0 amide bonds. The minimum Gasteiger partial charge on any atom is -0.389 e. The summed E-state index contributed by atoms with van der Waals surface area (Å²) in [7, 11) is 1.80. The lowest BCUT2D eigenvalue weighted by Crippen LogP contribution is -2.33. The fourth-order valence-electron chi connectivity index (χ4n) is 2.13. The second-order valence-corrected chi connectivity index (χ2v) is 5.02. The van der Waals surface area contributed by atoms with Crippen LogP contribution >= 0.6 is 0 Å². The molecule has 0 aliphatic rings. The Morgan fingerprint density at radius 3 is 2.77 bits per heavy atom. The molecule has 2 aromatic rings. The van der Waals surface area contributed by atoms with Gasteiger partial charge >= 0.3 is 0 Å². The normalized spacial score (nSPS) is 11.7. The number of benzene rings is 1. The van der Waals surface area contributed by atoms with Crippen molar-refractivity contribution >= 4 is 5.82 Å². The average Bonchev–Trinajstić information content (AvgIpc) is 2.55. The van der Waals surface area contributed by atoms with Crippen LogP contribution in [0.25, 0.3) is 0 Å². The molecular formula is C17H19N3O2. The van der Waals surface area contributed by atoms with Gasteiger partial charge in [0.1, 0.15) is 11.9 Å². The maximum absolute atomic E-state index is 10.0. The summed E-state index contributed by atoms with van der Waals surface area (Å²) >= 11 is 0. The summed E-state index contributed by atoms with van der Waals surface area (Å²) in [6.07, 6.45) is 0.979. The number of nitrogens with zero attached hydrogens (tertiary/aromatic N) is 3. The number of nitriles is 1. The van der Waals surface area contributed by atoms with Gasteiger partial charge in [0.25, 0.3) is 0 Å². The molecule has 0 aliphatic heterocycles. The van der Waals surface area contributed by atoms with Gasteiger partial charge < -0.3 is 14.7 Å². The first-order chi connectivity index (χ1) is 10.7. The zero-order valence-corrected chi connectivity index (χ0v) is 12.5. The summed E-state index contributed by atoms with van der Waals surface area (Å²) in [6.45, 7) is 1.04. The molecule has 5 nitrogen and oxygen atoms in total. The molecule has 0 aliphatic carbocycles. The maximum Gasteiger partial charge on any atom is 0.146 e. The Morgan fingerprint density at radius 1 is 1.27 bits per heavy atom. The van der Waals surface area contributed by atoms with Crippen LogP contribution in [0.1, 0.15) is 11.1 Å². The minimum absolute atomic E-state index is 0.230. The molecule has 1 aromatic carbocycles. The summed E-state index contributed by atoms with van der Waals surface area (Å²) in [5.74, 6) is 0.562. The van der Waals surface area contributed by atoms with Crippen molar-refractivity contribution in [3.63, 3.8) is 0 Å². The number of anilines is 1. The van der Waals surface area contributed by atoms with E-state index < -0.39 is 6.10 Å². The highest BCUT2D eigenvalue weighted by Gasteiger charge is 2.13. The highest BCUT2D eigenvalue weighted by atomic mass is 16.5. The number of hydrogen-bond donors (Lipinski definition) is 1. The number of aliphatic hydroxyl groups is 1. The average molecular weight is 297 g/mol. The van der Waals surface area contributed by atoms with Crippen molar-refractivity contribution in [1.82, 2.24) is 4.98 Å². The van der Waals surface area contributed by atoms with Crippen molar-refractivity contribution in [3.05, 3.63) is 59.8 Å². The second-order valence-electron chi connectivity index (χ2n) is 5.02. The smallest absolute Gasteiger partial charge is 0.146 e. The zero-order valence-electron chi connectivity index (χ0n) is 12.5. The lowest BCUT2D eigenvalue weighted by Gasteiger charge is -2.22. The molecule has 0 saturated carbocycles. The van der Waals surface area contributed by atoms with Crippen LogP contribution in [0.4, 0.5) is 5.82 Å². The van der Waals surface area contributed by atoms with Crippen LogP contribution in [-0.2, 0) is 11.3 Å². The summed E-state index contributed by atoms with van der Waals surface area (Å²) < 4.78 is 5.51. The number of pyridine rings is 1. The molecule has 22 heavy (non-hydrogen) atoms. The number of likely N-dealkylation sites (N-methyl/N-ethyl adjacent to an activating group) is 1. The third-order valence-electron chi connectivity index (χ3n) is 3.18. The van der Waals surface area contributed by atoms with E-state index in [-0.39, 0.29) is 6.61 Å². The Kier molecular flexibility index (Phi) is 5.90. The molecule has 0 unspecified atom stereocenters. The van der Waals surface area contributed by atoms with Gasteiger partial charge in [-0.15, -0.1) is 0 Å². The molecule has 0 saturated heterocycles. The van der Waals surface area contributed by atoms with E-state index in [1.165, 1.54) is 0 Å². The number of aliphatic hydroxyl groups excluding tert-OH is 1. The Morgan fingerprint density at radius 2 is 2.05 bits per heavy atom. The molecule has 0 spiro atoms. The van der Waals surface area contributed by atoms with E-state index in [0.29, 0.717) is 24.5 Å². The summed E-state index contributed by atoms with van der Waals surface area (Å²) in [5, 5.41) is 19.1. The monoisotopic (exact) mass is 297 g/mol. The van der Waals surface area contributed by atoms with Crippen molar-refractivity contribution in [3.8, 4) is 6.07 Å². The number of hydrogen-bond acceptors (Lipinski definition) is 5. The van der Waals surface area contributed by atoms with Crippen LogP contribution in [0.3, 0.4) is 0 Å². The van der Waals surface area contributed by atoms with Gasteiger partial charge in [-0.05, 0) is 17.7 Å². The van der Waals surface area contributed by atoms with E-state index in [0.717, 1.165) is 5.56 Å². The van der Waals surface area contributed by atoms with Gasteiger partial charge in [-0.1, -0.05) is 30.3 Å². The highest BCUT2D eigenvalue weighted by Crippen LogP contribution is 2.14. The summed E-state index contributed by atoms with van der Waals surface area (Å²) in [6, 6.07) is 15.3. The second kappa shape index (κ2) is 8.13. The van der Waals surface area contributed by atoms with E-state index in [1.54, 1.807) is 30.3 Å². The topological polar surface area (TPSA) is 69.4 Å². The molecule has 0 radical (unpaired) electrons. The number of rotatable bonds is 7. The molecule has 0 fully saturated rings. The first-order valence-corrected chi connectivity index (χ1v) is 7.06. The fourth-order valence-corrected chi connectivity index (χ4v) is 2.13. The van der Waals surface area contributed by atoms with Crippen molar-refractivity contribution in [2.45, 2.75) is 12.7 Å². The van der Waals surface area contributed by atoms with E-state index in [1.807, 2.05) is 30.3 Å². The molecule has 5 heteroatoms. The summed E-state index contributed by atoms with van der Waals surface area (Å²) in [5.41, 5.74) is 1.56. The van der Waals surface area contributed by atoms with Crippen LogP contribution in [0.5, 0.6) is 0 Å². The molecule has 1 heterocycles. The SMILES string of the molecule is CN(C[C@H](O)COCc1ccccc1)c1ncccc1C#N. The first-order valence-electron chi connectivity index (χ1n) is 7.06. The van der Waals surface area contributed by atoms with Crippen LogP contribution in [0.15, 0.2) is 48.7 Å². The first kappa shape index (κ1) is 16.0. The lowest BCUT2D eigenvalue weighted by atomic mass is 10.2. The Hall–Kier alpha value is -2.42. The van der Waals surface area contributed by atoms with Crippen LogP contribution in [-0.4, -0.2) is 36.4 Å². The summed E-state index contributed by atoms with van der Waals surface area (Å²) in [4.78, 5) is 5.94. The number of aromatic nitrogens is 1. The van der Waals surface area contributed by atoms with E-state index in [4.69, 9.17) is 10.00 Å². The van der Waals surface area contributed by atoms with Crippen LogP contribution in [0, 0.1) is 11.3 Å². The molecule has 2 rings (SSSR count).